The average molecular weight is 247 g/mol. The number of benzene rings is 1. The Kier molecular flexibility index (Phi) is 3.66. The quantitative estimate of drug-likeness (QED) is 0.801. The molecule has 0 aliphatic carbocycles. The first-order chi connectivity index (χ1) is 8.25. The van der Waals surface area contributed by atoms with Gasteiger partial charge in [-0.25, -0.2) is 0 Å². The topological polar surface area (TPSA) is 54.8 Å². The number of anilines is 1. The van der Waals surface area contributed by atoms with Gasteiger partial charge in [-0.3, -0.25) is 0 Å². The predicted molar refractivity (Wildman–Crippen MR) is 70.5 cm³/mol. The molecule has 5 nitrogen and oxygen atoms in total. The van der Waals surface area contributed by atoms with Gasteiger partial charge in [-0.05, 0) is 24.4 Å². The van der Waals surface area contributed by atoms with Crippen LogP contribution in [-0.4, -0.2) is 19.9 Å². The highest BCUT2D eigenvalue weighted by molar-refractivity contribution is 7.80. The summed E-state index contributed by atoms with van der Waals surface area (Å²) in [5.74, 6) is 0.835. The van der Waals surface area contributed by atoms with Crippen LogP contribution >= 0.6 is 12.2 Å². The van der Waals surface area contributed by atoms with Crippen molar-refractivity contribution in [2.45, 2.75) is 6.54 Å². The number of hydrogen-bond donors (Lipinski definition) is 2. The summed E-state index contributed by atoms with van der Waals surface area (Å²) in [6, 6.07) is 9.77. The number of nitrogens with zero attached hydrogens (tertiary/aromatic N) is 3. The predicted octanol–water partition coefficient (Wildman–Crippen LogP) is 1.30. The number of rotatable bonds is 3. The van der Waals surface area contributed by atoms with E-state index in [1.54, 1.807) is 6.33 Å². The maximum Gasteiger partial charge on any atom is 0.171 e. The van der Waals surface area contributed by atoms with Crippen molar-refractivity contribution in [3.8, 4) is 0 Å². The lowest BCUT2D eigenvalue weighted by Gasteiger charge is -2.09. The molecule has 88 valence electrons. The van der Waals surface area contributed by atoms with E-state index in [9.17, 15) is 0 Å². The lowest BCUT2D eigenvalue weighted by Crippen LogP contribution is -2.28. The Morgan fingerprint density at radius 2 is 2.12 bits per heavy atom. The molecule has 2 aromatic rings. The van der Waals surface area contributed by atoms with Gasteiger partial charge in [-0.1, -0.05) is 18.2 Å². The van der Waals surface area contributed by atoms with Gasteiger partial charge < -0.3 is 15.2 Å². The minimum atomic E-state index is 0.551. The zero-order valence-electron chi connectivity index (χ0n) is 9.42. The standard InChI is InChI=1S/C11H13N5S/c1-16-8-13-15-10(16)7-12-11(17)14-9-5-3-2-4-6-9/h2-6,8H,7H2,1H3,(H2,12,14,17). The van der Waals surface area contributed by atoms with Crippen LogP contribution < -0.4 is 10.6 Å². The second kappa shape index (κ2) is 5.40. The van der Waals surface area contributed by atoms with Crippen molar-refractivity contribution < 1.29 is 0 Å². The third kappa shape index (κ3) is 3.25. The first-order valence-corrected chi connectivity index (χ1v) is 5.59. The molecule has 2 rings (SSSR count). The summed E-state index contributed by atoms with van der Waals surface area (Å²) in [6.45, 7) is 0.551. The fourth-order valence-corrected chi connectivity index (χ4v) is 1.51. The molecule has 0 unspecified atom stereocenters. The minimum Gasteiger partial charge on any atom is -0.355 e. The molecule has 2 N–H and O–H groups in total. The van der Waals surface area contributed by atoms with Crippen LogP contribution in [0.2, 0.25) is 0 Å². The van der Waals surface area contributed by atoms with E-state index in [1.807, 2.05) is 41.9 Å². The van der Waals surface area contributed by atoms with Crippen LogP contribution in [0.3, 0.4) is 0 Å². The Labute approximate surface area is 105 Å². The summed E-state index contributed by atoms with van der Waals surface area (Å²) in [7, 11) is 1.89. The van der Waals surface area contributed by atoms with Crippen molar-refractivity contribution >= 4 is 23.0 Å². The molecule has 0 aliphatic heterocycles. The van der Waals surface area contributed by atoms with Crippen molar-refractivity contribution in [2.24, 2.45) is 7.05 Å². The zero-order valence-corrected chi connectivity index (χ0v) is 10.2. The van der Waals surface area contributed by atoms with Crippen LogP contribution in [0.4, 0.5) is 5.69 Å². The maximum absolute atomic E-state index is 5.17. The monoisotopic (exact) mass is 247 g/mol. The molecule has 1 aromatic heterocycles. The first-order valence-electron chi connectivity index (χ1n) is 5.18. The number of thiocarbonyl (C=S) groups is 1. The molecule has 0 spiro atoms. The number of aryl methyl sites for hydroxylation is 1. The Morgan fingerprint density at radius 3 is 2.76 bits per heavy atom. The first kappa shape index (κ1) is 11.5. The average Bonchev–Trinajstić information content (AvgIpc) is 2.74. The summed E-state index contributed by atoms with van der Waals surface area (Å²) in [5, 5.41) is 14.5. The number of para-hydroxylation sites is 1. The molecule has 0 aliphatic rings. The third-order valence-electron chi connectivity index (χ3n) is 2.24. The molecule has 0 saturated heterocycles. The summed E-state index contributed by atoms with van der Waals surface area (Å²) in [5.41, 5.74) is 0.961. The van der Waals surface area contributed by atoms with E-state index in [-0.39, 0.29) is 0 Å². The third-order valence-corrected chi connectivity index (χ3v) is 2.49. The molecule has 0 radical (unpaired) electrons. The molecular formula is C11H13N5S. The van der Waals surface area contributed by atoms with Gasteiger partial charge in [0.15, 0.2) is 10.9 Å². The zero-order chi connectivity index (χ0) is 12.1. The molecule has 17 heavy (non-hydrogen) atoms. The molecule has 0 amide bonds. The van der Waals surface area contributed by atoms with Crippen LogP contribution in [0.15, 0.2) is 36.7 Å². The minimum absolute atomic E-state index is 0.551. The van der Waals surface area contributed by atoms with Gasteiger partial charge in [-0.2, -0.15) is 0 Å². The van der Waals surface area contributed by atoms with Crippen molar-refractivity contribution in [1.82, 2.24) is 20.1 Å². The van der Waals surface area contributed by atoms with Crippen LogP contribution in [0.25, 0.3) is 0 Å². The van der Waals surface area contributed by atoms with E-state index in [0.29, 0.717) is 11.7 Å². The molecule has 0 bridgehead atoms. The Hall–Kier alpha value is -1.95. The van der Waals surface area contributed by atoms with Crippen molar-refractivity contribution in [1.29, 1.82) is 0 Å². The number of nitrogens with one attached hydrogen (secondary N) is 2. The smallest absolute Gasteiger partial charge is 0.171 e. The van der Waals surface area contributed by atoms with E-state index >= 15 is 0 Å². The summed E-state index contributed by atoms with van der Waals surface area (Å²) >= 11 is 5.17. The van der Waals surface area contributed by atoms with Crippen LogP contribution in [-0.2, 0) is 13.6 Å². The summed E-state index contributed by atoms with van der Waals surface area (Å²) < 4.78 is 1.85. The lowest BCUT2D eigenvalue weighted by molar-refractivity contribution is 0.752. The lowest BCUT2D eigenvalue weighted by atomic mass is 10.3. The molecule has 1 heterocycles. The molecule has 1 aromatic carbocycles. The molecule has 6 heteroatoms. The van der Waals surface area contributed by atoms with Crippen LogP contribution in [0.1, 0.15) is 5.82 Å². The van der Waals surface area contributed by atoms with Gasteiger partial charge >= 0.3 is 0 Å². The van der Waals surface area contributed by atoms with E-state index in [1.165, 1.54) is 0 Å². The van der Waals surface area contributed by atoms with Gasteiger partial charge in [0.1, 0.15) is 6.33 Å². The Balaban J connectivity index is 1.84. The fourth-order valence-electron chi connectivity index (χ4n) is 1.32. The highest BCUT2D eigenvalue weighted by atomic mass is 32.1. The van der Waals surface area contributed by atoms with Gasteiger partial charge in [-0.15, -0.1) is 10.2 Å². The number of aromatic nitrogens is 3. The maximum atomic E-state index is 5.17. The molecule has 0 fully saturated rings. The van der Waals surface area contributed by atoms with Crippen LogP contribution in [0, 0.1) is 0 Å². The van der Waals surface area contributed by atoms with E-state index in [4.69, 9.17) is 12.2 Å². The van der Waals surface area contributed by atoms with Crippen molar-refractivity contribution in [3.63, 3.8) is 0 Å². The summed E-state index contributed by atoms with van der Waals surface area (Å²) in [4.78, 5) is 0. The highest BCUT2D eigenvalue weighted by Gasteiger charge is 2.01. The number of hydrogen-bond acceptors (Lipinski definition) is 3. The van der Waals surface area contributed by atoms with Crippen LogP contribution in [0.5, 0.6) is 0 Å². The van der Waals surface area contributed by atoms with E-state index < -0.39 is 0 Å². The van der Waals surface area contributed by atoms with Gasteiger partial charge in [0.2, 0.25) is 0 Å². The highest BCUT2D eigenvalue weighted by Crippen LogP contribution is 2.04. The van der Waals surface area contributed by atoms with Crippen molar-refractivity contribution in [3.05, 3.63) is 42.5 Å². The molecule has 0 saturated carbocycles. The van der Waals surface area contributed by atoms with E-state index in [0.717, 1.165) is 11.5 Å². The second-order valence-electron chi connectivity index (χ2n) is 3.53. The fraction of sp³-hybridized carbons (Fsp3) is 0.182. The van der Waals surface area contributed by atoms with Gasteiger partial charge in [0, 0.05) is 12.7 Å². The molecule has 0 atom stereocenters. The van der Waals surface area contributed by atoms with Crippen molar-refractivity contribution in [2.75, 3.05) is 5.32 Å². The second-order valence-corrected chi connectivity index (χ2v) is 3.94. The Morgan fingerprint density at radius 1 is 1.35 bits per heavy atom. The normalized spacial score (nSPS) is 9.94. The molecular weight excluding hydrogens is 234 g/mol. The van der Waals surface area contributed by atoms with Gasteiger partial charge in [0.25, 0.3) is 0 Å². The van der Waals surface area contributed by atoms with E-state index in [2.05, 4.69) is 20.8 Å². The largest absolute Gasteiger partial charge is 0.355 e. The summed E-state index contributed by atoms with van der Waals surface area (Å²) in [6.07, 6.45) is 1.66. The van der Waals surface area contributed by atoms with Gasteiger partial charge in [0.05, 0.1) is 6.54 Å². The SMILES string of the molecule is Cn1cnnc1CNC(=S)Nc1ccccc1. The Bertz CT molecular complexity index is 494.